The quantitative estimate of drug-likeness (QED) is 0.643. The van der Waals surface area contributed by atoms with Crippen molar-refractivity contribution in [2.45, 2.75) is 24.1 Å². The molecule has 0 aromatic carbocycles. The molecule has 0 aliphatic carbocycles. The van der Waals surface area contributed by atoms with E-state index in [1.54, 1.807) is 23.9 Å². The van der Waals surface area contributed by atoms with Gasteiger partial charge in [0.1, 0.15) is 17.3 Å². The maximum Gasteiger partial charge on any atom is 0.232 e. The lowest BCUT2D eigenvalue weighted by molar-refractivity contribution is 0.290. The maximum absolute atomic E-state index is 13.6. The smallest absolute Gasteiger partial charge is 0.232 e. The van der Waals surface area contributed by atoms with Gasteiger partial charge in [0.05, 0.1) is 36.4 Å². The van der Waals surface area contributed by atoms with Crippen LogP contribution in [-0.2, 0) is 22.1 Å². The van der Waals surface area contributed by atoms with Gasteiger partial charge in [-0.1, -0.05) is 0 Å². The number of fused-ring (bicyclic) bond motifs is 3. The van der Waals surface area contributed by atoms with Crippen LogP contribution in [0.5, 0.6) is 11.8 Å². The lowest BCUT2D eigenvalue weighted by Gasteiger charge is -2.11. The average Bonchev–Trinajstić information content (AvgIpc) is 3.06. The third-order valence-electron chi connectivity index (χ3n) is 4.20. The topological polar surface area (TPSA) is 96.2 Å². The van der Waals surface area contributed by atoms with E-state index in [2.05, 4.69) is 15.1 Å². The molecule has 0 fully saturated rings. The number of sulfone groups is 1. The highest BCUT2D eigenvalue weighted by Crippen LogP contribution is 2.32. The molecule has 0 unspecified atom stereocenters. The molecule has 4 heterocycles. The molecule has 3 aromatic heterocycles. The summed E-state index contributed by atoms with van der Waals surface area (Å²) in [6.07, 6.45) is 4.03. The first kappa shape index (κ1) is 18.4. The van der Waals surface area contributed by atoms with E-state index in [1.165, 1.54) is 6.20 Å². The van der Waals surface area contributed by atoms with Crippen molar-refractivity contribution in [2.75, 3.05) is 13.2 Å². The fourth-order valence-corrected chi connectivity index (χ4v) is 4.44. The molecule has 28 heavy (non-hydrogen) atoms. The summed E-state index contributed by atoms with van der Waals surface area (Å²) >= 11 is 0. The van der Waals surface area contributed by atoms with Crippen LogP contribution in [0.1, 0.15) is 12.5 Å². The Morgan fingerprint density at radius 2 is 2.14 bits per heavy atom. The van der Waals surface area contributed by atoms with Crippen LogP contribution in [0.25, 0.3) is 11.3 Å². The molecule has 0 N–H and O–H groups in total. The standard InChI is InChI=1S/C18H17FN4O4S/c1-2-26-18-16(8-13(19)10-21-18)28(24,25)11-12-7-14-15-3-4-22-23(15)5-6-27-17(14)20-9-12/h3-4,7-10H,2,5-6,11H2,1H3. The largest absolute Gasteiger partial charge is 0.477 e. The van der Waals surface area contributed by atoms with Gasteiger partial charge in [-0.2, -0.15) is 5.10 Å². The summed E-state index contributed by atoms with van der Waals surface area (Å²) < 4.78 is 52.1. The van der Waals surface area contributed by atoms with Crippen LogP contribution in [0.2, 0.25) is 0 Å². The molecule has 1 aliphatic rings. The highest BCUT2D eigenvalue weighted by Gasteiger charge is 2.25. The predicted octanol–water partition coefficient (Wildman–Crippen LogP) is 2.24. The van der Waals surface area contributed by atoms with Crippen molar-refractivity contribution >= 4 is 9.84 Å². The van der Waals surface area contributed by atoms with Gasteiger partial charge in [-0.15, -0.1) is 0 Å². The Balaban J connectivity index is 1.72. The number of hydrogen-bond donors (Lipinski definition) is 0. The average molecular weight is 404 g/mol. The van der Waals surface area contributed by atoms with Crippen LogP contribution in [0, 0.1) is 5.82 Å². The molecule has 146 valence electrons. The van der Waals surface area contributed by atoms with Gasteiger partial charge in [0.2, 0.25) is 11.8 Å². The van der Waals surface area contributed by atoms with E-state index in [0.717, 1.165) is 18.0 Å². The molecule has 8 nitrogen and oxygen atoms in total. The summed E-state index contributed by atoms with van der Waals surface area (Å²) in [6, 6.07) is 4.44. The zero-order valence-electron chi connectivity index (χ0n) is 15.0. The molecule has 0 radical (unpaired) electrons. The summed E-state index contributed by atoms with van der Waals surface area (Å²) in [4.78, 5) is 7.73. The third kappa shape index (κ3) is 3.42. The van der Waals surface area contributed by atoms with Crippen LogP contribution >= 0.6 is 0 Å². The number of nitrogens with zero attached hydrogens (tertiary/aromatic N) is 4. The predicted molar refractivity (Wildman–Crippen MR) is 97.2 cm³/mol. The molecule has 10 heteroatoms. The number of rotatable bonds is 5. The van der Waals surface area contributed by atoms with Gasteiger partial charge in [0, 0.05) is 12.4 Å². The summed E-state index contributed by atoms with van der Waals surface area (Å²) in [5, 5.41) is 4.23. The third-order valence-corrected chi connectivity index (χ3v) is 5.88. The molecule has 0 saturated carbocycles. The van der Waals surface area contributed by atoms with Gasteiger partial charge in [-0.05, 0) is 30.7 Å². The first-order chi connectivity index (χ1) is 13.5. The summed E-state index contributed by atoms with van der Waals surface area (Å²) in [6.45, 7) is 2.89. The van der Waals surface area contributed by atoms with E-state index in [1.807, 2.05) is 6.07 Å². The Labute approximate surface area is 160 Å². The zero-order valence-corrected chi connectivity index (χ0v) is 15.8. The Morgan fingerprint density at radius 3 is 2.96 bits per heavy atom. The van der Waals surface area contributed by atoms with Crippen molar-refractivity contribution in [1.82, 2.24) is 19.7 Å². The fourth-order valence-electron chi connectivity index (χ4n) is 3.01. The zero-order chi connectivity index (χ0) is 19.7. The monoisotopic (exact) mass is 404 g/mol. The minimum Gasteiger partial charge on any atom is -0.477 e. The van der Waals surface area contributed by atoms with Crippen LogP contribution in [0.4, 0.5) is 4.39 Å². The van der Waals surface area contributed by atoms with Gasteiger partial charge in [-0.25, -0.2) is 22.8 Å². The Morgan fingerprint density at radius 1 is 1.29 bits per heavy atom. The van der Waals surface area contributed by atoms with Gasteiger partial charge < -0.3 is 9.47 Å². The molecule has 0 saturated heterocycles. The molecule has 4 rings (SSSR count). The molecular weight excluding hydrogens is 387 g/mol. The minimum atomic E-state index is -3.92. The van der Waals surface area contributed by atoms with E-state index in [-0.39, 0.29) is 23.1 Å². The van der Waals surface area contributed by atoms with E-state index in [0.29, 0.717) is 30.2 Å². The highest BCUT2D eigenvalue weighted by molar-refractivity contribution is 7.90. The summed E-state index contributed by atoms with van der Waals surface area (Å²) in [5.74, 6) is -0.831. The van der Waals surface area contributed by atoms with E-state index in [4.69, 9.17) is 9.47 Å². The van der Waals surface area contributed by atoms with Crippen molar-refractivity contribution in [3.05, 3.63) is 48.2 Å². The summed E-state index contributed by atoms with van der Waals surface area (Å²) in [5.41, 5.74) is 1.88. The molecule has 0 atom stereocenters. The van der Waals surface area contributed by atoms with E-state index >= 15 is 0 Å². The van der Waals surface area contributed by atoms with Crippen molar-refractivity contribution in [2.24, 2.45) is 0 Å². The first-order valence-corrected chi connectivity index (χ1v) is 10.3. The lowest BCUT2D eigenvalue weighted by atomic mass is 10.1. The van der Waals surface area contributed by atoms with Gasteiger partial charge >= 0.3 is 0 Å². The van der Waals surface area contributed by atoms with E-state index < -0.39 is 15.7 Å². The second-order valence-corrected chi connectivity index (χ2v) is 8.09. The van der Waals surface area contributed by atoms with Crippen LogP contribution in [0.15, 0.2) is 41.7 Å². The molecule has 0 spiro atoms. The van der Waals surface area contributed by atoms with Crippen molar-refractivity contribution in [3.8, 4) is 23.0 Å². The number of hydrogen-bond acceptors (Lipinski definition) is 7. The normalized spacial score (nSPS) is 13.2. The Bertz CT molecular complexity index is 1130. The van der Waals surface area contributed by atoms with Crippen molar-refractivity contribution in [1.29, 1.82) is 0 Å². The Hall–Kier alpha value is -3.01. The van der Waals surface area contributed by atoms with Gasteiger partial charge in [-0.3, -0.25) is 4.68 Å². The highest BCUT2D eigenvalue weighted by atomic mass is 32.2. The number of pyridine rings is 2. The number of halogens is 1. The molecule has 1 aliphatic heterocycles. The summed E-state index contributed by atoms with van der Waals surface area (Å²) in [7, 11) is -3.92. The lowest BCUT2D eigenvalue weighted by Crippen LogP contribution is -2.10. The Kier molecular flexibility index (Phi) is 4.71. The SMILES string of the molecule is CCOc1ncc(F)cc1S(=O)(=O)Cc1cnc2c(c1)-c1ccnn1CCO2. The number of aromatic nitrogens is 4. The second-order valence-electron chi connectivity index (χ2n) is 6.13. The van der Waals surface area contributed by atoms with Crippen molar-refractivity contribution < 1.29 is 22.3 Å². The van der Waals surface area contributed by atoms with Crippen molar-refractivity contribution in [3.63, 3.8) is 0 Å². The van der Waals surface area contributed by atoms with Crippen LogP contribution in [-0.4, -0.2) is 41.4 Å². The second kappa shape index (κ2) is 7.19. The van der Waals surface area contributed by atoms with Crippen LogP contribution in [0.3, 0.4) is 0 Å². The minimum absolute atomic E-state index is 0.118. The molecular formula is C18H17FN4O4S. The van der Waals surface area contributed by atoms with Crippen LogP contribution < -0.4 is 9.47 Å². The molecule has 0 amide bonds. The molecule has 3 aromatic rings. The van der Waals surface area contributed by atoms with Gasteiger partial charge in [0.15, 0.2) is 9.84 Å². The first-order valence-electron chi connectivity index (χ1n) is 8.63. The molecule has 0 bridgehead atoms. The maximum atomic E-state index is 13.6. The number of ether oxygens (including phenoxy) is 2. The van der Waals surface area contributed by atoms with Gasteiger partial charge in [0.25, 0.3) is 0 Å². The van der Waals surface area contributed by atoms with E-state index in [9.17, 15) is 12.8 Å². The fraction of sp³-hybridized carbons (Fsp3) is 0.278.